The van der Waals surface area contributed by atoms with E-state index < -0.39 is 5.60 Å². The summed E-state index contributed by atoms with van der Waals surface area (Å²) >= 11 is 6.34. The molecule has 8 nitrogen and oxygen atoms in total. The molecule has 9 heteroatoms. The highest BCUT2D eigenvalue weighted by molar-refractivity contribution is 6.31. The molecular formula is C21H20ClN5O3. The molecule has 0 bridgehead atoms. The van der Waals surface area contributed by atoms with Gasteiger partial charge in [0.2, 0.25) is 0 Å². The maximum absolute atomic E-state index is 13.2. The zero-order valence-electron chi connectivity index (χ0n) is 16.4. The molecule has 1 N–H and O–H groups in total. The molecule has 1 aliphatic carbocycles. The second-order valence-electron chi connectivity index (χ2n) is 8.35. The lowest BCUT2D eigenvalue weighted by atomic mass is 9.70. The second-order valence-corrected chi connectivity index (χ2v) is 8.76. The molecule has 1 saturated heterocycles. The molecule has 3 aliphatic rings. The molecule has 2 amide bonds. The molecule has 1 spiro atoms. The quantitative estimate of drug-likeness (QED) is 0.811. The first kappa shape index (κ1) is 18.9. The van der Waals surface area contributed by atoms with Gasteiger partial charge in [0.1, 0.15) is 5.60 Å². The fraction of sp³-hybridized carbons (Fsp3) is 0.429. The largest absolute Gasteiger partial charge is 0.441 e. The molecule has 2 aliphatic heterocycles. The molecule has 5 rings (SSSR count). The number of benzene rings is 1. The number of aryl methyl sites for hydroxylation is 1. The number of halogens is 1. The highest BCUT2D eigenvalue weighted by atomic mass is 35.5. The summed E-state index contributed by atoms with van der Waals surface area (Å²) in [5.41, 5.74) is 2.41. The van der Waals surface area contributed by atoms with E-state index in [2.05, 4.69) is 16.5 Å². The molecule has 1 saturated carbocycles. The van der Waals surface area contributed by atoms with Gasteiger partial charge in [0.15, 0.2) is 0 Å². The first-order valence-corrected chi connectivity index (χ1v) is 10.3. The van der Waals surface area contributed by atoms with Crippen LogP contribution in [0.3, 0.4) is 0 Å². The van der Waals surface area contributed by atoms with Crippen LogP contribution in [0.1, 0.15) is 46.1 Å². The van der Waals surface area contributed by atoms with Crippen molar-refractivity contribution in [3.63, 3.8) is 0 Å². The number of nitrogens with zero attached hydrogens (tertiary/aromatic N) is 4. The minimum absolute atomic E-state index is 0.0414. The van der Waals surface area contributed by atoms with Crippen molar-refractivity contribution < 1.29 is 14.3 Å². The molecule has 3 heterocycles. The zero-order valence-corrected chi connectivity index (χ0v) is 17.1. The van der Waals surface area contributed by atoms with Gasteiger partial charge >= 0.3 is 6.09 Å². The molecular weight excluding hydrogens is 406 g/mol. The van der Waals surface area contributed by atoms with Crippen molar-refractivity contribution in [2.45, 2.75) is 30.9 Å². The molecule has 2 fully saturated rings. The Morgan fingerprint density at radius 3 is 2.83 bits per heavy atom. The Balaban J connectivity index is 1.42. The Bertz CT molecular complexity index is 1080. The minimum atomic E-state index is -0.424. The van der Waals surface area contributed by atoms with Gasteiger partial charge in [-0.3, -0.25) is 9.48 Å². The van der Waals surface area contributed by atoms with Crippen molar-refractivity contribution in [1.82, 2.24) is 20.0 Å². The molecule has 30 heavy (non-hydrogen) atoms. The lowest BCUT2D eigenvalue weighted by Gasteiger charge is -2.44. The van der Waals surface area contributed by atoms with Crippen molar-refractivity contribution in [3.05, 3.63) is 51.8 Å². The summed E-state index contributed by atoms with van der Waals surface area (Å²) in [6.07, 6.45) is 3.20. The van der Waals surface area contributed by atoms with Crippen LogP contribution in [-0.4, -0.2) is 45.4 Å². The van der Waals surface area contributed by atoms with E-state index in [1.165, 1.54) is 0 Å². The first-order chi connectivity index (χ1) is 14.4. The number of carbonyl (C=O) groups excluding carboxylic acids is 2. The third kappa shape index (κ3) is 2.92. The Morgan fingerprint density at radius 2 is 2.20 bits per heavy atom. The van der Waals surface area contributed by atoms with Crippen molar-refractivity contribution in [3.8, 4) is 6.07 Å². The van der Waals surface area contributed by atoms with Gasteiger partial charge in [-0.2, -0.15) is 10.4 Å². The summed E-state index contributed by atoms with van der Waals surface area (Å²) in [4.78, 5) is 26.5. The van der Waals surface area contributed by atoms with Gasteiger partial charge in [0.05, 0.1) is 41.1 Å². The molecule has 2 aromatic rings. The van der Waals surface area contributed by atoms with E-state index in [4.69, 9.17) is 16.3 Å². The maximum atomic E-state index is 13.2. The number of hydrogen-bond donors (Lipinski definition) is 1. The number of hydrogen-bond acceptors (Lipinski definition) is 5. The third-order valence-electron chi connectivity index (χ3n) is 6.44. The van der Waals surface area contributed by atoms with Gasteiger partial charge in [0.25, 0.3) is 5.91 Å². The van der Waals surface area contributed by atoms with E-state index in [9.17, 15) is 14.9 Å². The van der Waals surface area contributed by atoms with Crippen LogP contribution in [0, 0.1) is 17.2 Å². The zero-order chi connectivity index (χ0) is 21.0. The van der Waals surface area contributed by atoms with Gasteiger partial charge in [-0.25, -0.2) is 4.79 Å². The van der Waals surface area contributed by atoms with E-state index in [1.807, 2.05) is 11.9 Å². The topological polar surface area (TPSA) is 100 Å². The fourth-order valence-corrected chi connectivity index (χ4v) is 5.22. The summed E-state index contributed by atoms with van der Waals surface area (Å²) in [6.45, 7) is 1.09. The van der Waals surface area contributed by atoms with E-state index in [0.717, 1.165) is 24.1 Å². The third-order valence-corrected chi connectivity index (χ3v) is 6.76. The summed E-state index contributed by atoms with van der Waals surface area (Å²) < 4.78 is 7.14. The molecule has 0 radical (unpaired) electrons. The highest BCUT2D eigenvalue weighted by Gasteiger charge is 2.52. The van der Waals surface area contributed by atoms with Crippen LogP contribution in [0.4, 0.5) is 4.79 Å². The number of nitrogens with one attached hydrogen (secondary N) is 1. The van der Waals surface area contributed by atoms with Crippen molar-refractivity contribution in [2.24, 2.45) is 13.0 Å². The number of ether oxygens (including phenoxy) is 1. The average molecular weight is 426 g/mol. The van der Waals surface area contributed by atoms with Crippen LogP contribution < -0.4 is 5.32 Å². The van der Waals surface area contributed by atoms with Crippen LogP contribution in [-0.2, 0) is 18.2 Å². The van der Waals surface area contributed by atoms with E-state index in [0.29, 0.717) is 35.7 Å². The van der Waals surface area contributed by atoms with Crippen molar-refractivity contribution >= 4 is 23.6 Å². The van der Waals surface area contributed by atoms with Gasteiger partial charge in [-0.05, 0) is 42.5 Å². The van der Waals surface area contributed by atoms with Gasteiger partial charge in [0, 0.05) is 25.6 Å². The Kier molecular flexibility index (Phi) is 4.26. The number of carbonyl (C=O) groups is 2. The molecule has 1 aromatic carbocycles. The van der Waals surface area contributed by atoms with E-state index in [-0.39, 0.29) is 24.0 Å². The number of rotatable bonds is 4. The van der Waals surface area contributed by atoms with Crippen molar-refractivity contribution in [2.75, 3.05) is 13.1 Å². The number of fused-ring (bicyclic) bond motifs is 1. The predicted octanol–water partition coefficient (Wildman–Crippen LogP) is 2.57. The Hall–Kier alpha value is -3.05. The Morgan fingerprint density at radius 1 is 1.40 bits per heavy atom. The average Bonchev–Trinajstić information content (AvgIpc) is 3.33. The number of amides is 2. The monoisotopic (exact) mass is 425 g/mol. The number of nitriles is 1. The lowest BCUT2D eigenvalue weighted by molar-refractivity contribution is -0.0555. The van der Waals surface area contributed by atoms with Gasteiger partial charge < -0.3 is 15.0 Å². The molecule has 1 aromatic heterocycles. The second kappa shape index (κ2) is 6.74. The molecule has 154 valence electrons. The summed E-state index contributed by atoms with van der Waals surface area (Å²) in [6, 6.07) is 7.14. The Labute approximate surface area is 178 Å². The van der Waals surface area contributed by atoms with Gasteiger partial charge in [-0.15, -0.1) is 0 Å². The van der Waals surface area contributed by atoms with Gasteiger partial charge in [-0.1, -0.05) is 11.6 Å². The SMILES string of the molecule is Cn1ncc(Cl)c1CC1c2cc(C#N)ccc2C(=O)N1CC1CC2(CNC(=O)O2)C1. The smallest absolute Gasteiger partial charge is 0.407 e. The van der Waals surface area contributed by atoms with Crippen LogP contribution in [0.25, 0.3) is 0 Å². The molecule has 1 atom stereocenters. The predicted molar refractivity (Wildman–Crippen MR) is 107 cm³/mol. The highest BCUT2D eigenvalue weighted by Crippen LogP contribution is 2.46. The summed E-state index contributed by atoms with van der Waals surface area (Å²) in [5.74, 6) is 0.205. The minimum Gasteiger partial charge on any atom is -0.441 e. The van der Waals surface area contributed by atoms with Crippen LogP contribution in [0.2, 0.25) is 5.02 Å². The lowest BCUT2D eigenvalue weighted by Crippen LogP contribution is -2.51. The van der Waals surface area contributed by atoms with E-state index >= 15 is 0 Å². The maximum Gasteiger partial charge on any atom is 0.407 e. The normalized spacial score (nSPS) is 26.9. The van der Waals surface area contributed by atoms with Crippen LogP contribution >= 0.6 is 11.6 Å². The number of alkyl carbamates (subject to hydrolysis) is 1. The fourth-order valence-electron chi connectivity index (χ4n) is 4.98. The summed E-state index contributed by atoms with van der Waals surface area (Å²) in [5, 5.41) is 16.8. The van der Waals surface area contributed by atoms with Crippen LogP contribution in [0.5, 0.6) is 0 Å². The van der Waals surface area contributed by atoms with E-state index in [1.54, 1.807) is 29.1 Å². The van der Waals surface area contributed by atoms with Crippen LogP contribution in [0.15, 0.2) is 24.4 Å². The molecule has 1 unspecified atom stereocenters. The number of aromatic nitrogens is 2. The summed E-state index contributed by atoms with van der Waals surface area (Å²) in [7, 11) is 1.83. The van der Waals surface area contributed by atoms with Crippen molar-refractivity contribution in [1.29, 1.82) is 5.26 Å². The standard InChI is InChI=1S/C21H20ClN5O3/c1-26-18(16(22)9-25-26)5-17-15-4-12(8-23)2-3-14(15)19(28)27(17)10-13-6-21(7-13)11-24-20(29)30-21/h2-4,9,13,17H,5-7,10-11H2,1H3,(H,24,29). The first-order valence-electron chi connectivity index (χ1n) is 9.87.